The first-order valence-electron chi connectivity index (χ1n) is 10.2. The average molecular weight is 525 g/mol. The van der Waals surface area contributed by atoms with Gasteiger partial charge in [0.15, 0.2) is 0 Å². The molecule has 0 bridgehead atoms. The fraction of sp³-hybridized carbons (Fsp3) is 0.348. The molecule has 0 saturated carbocycles. The standard InChI is InChI=1S/C23H27BrClN3O4/c1-14(2)11-12-32-20-8-7-16(24)13-17(20)23(31)28-27-22(30)10-9-21(29)26-19-6-4-5-18(25)15(19)3/h4-8,13-14H,9-12H2,1-3H3,(H,26,29)(H,27,30)(H,28,31). The molecule has 0 saturated heterocycles. The molecule has 0 heterocycles. The van der Waals surface area contributed by atoms with Gasteiger partial charge < -0.3 is 10.1 Å². The summed E-state index contributed by atoms with van der Waals surface area (Å²) in [6.45, 7) is 6.45. The number of anilines is 1. The number of carbonyl (C=O) groups is 3. The van der Waals surface area contributed by atoms with Crippen molar-refractivity contribution in [1.82, 2.24) is 10.9 Å². The molecule has 0 spiro atoms. The third kappa shape index (κ3) is 8.16. The van der Waals surface area contributed by atoms with E-state index in [0.29, 0.717) is 33.5 Å². The van der Waals surface area contributed by atoms with Gasteiger partial charge in [-0.2, -0.15) is 0 Å². The van der Waals surface area contributed by atoms with Crippen LogP contribution in [0.3, 0.4) is 0 Å². The van der Waals surface area contributed by atoms with Crippen LogP contribution in [0.4, 0.5) is 5.69 Å². The summed E-state index contributed by atoms with van der Waals surface area (Å²) in [5, 5.41) is 3.27. The highest BCUT2D eigenvalue weighted by molar-refractivity contribution is 9.10. The van der Waals surface area contributed by atoms with Gasteiger partial charge in [0.25, 0.3) is 5.91 Å². The van der Waals surface area contributed by atoms with Gasteiger partial charge in [-0.1, -0.05) is 47.4 Å². The molecule has 0 radical (unpaired) electrons. The van der Waals surface area contributed by atoms with Crippen LogP contribution < -0.4 is 20.9 Å². The molecule has 7 nitrogen and oxygen atoms in total. The lowest BCUT2D eigenvalue weighted by atomic mass is 10.1. The number of rotatable bonds is 9. The monoisotopic (exact) mass is 523 g/mol. The maximum Gasteiger partial charge on any atom is 0.273 e. The molecule has 9 heteroatoms. The predicted octanol–water partition coefficient (Wildman–Crippen LogP) is 5.02. The summed E-state index contributed by atoms with van der Waals surface area (Å²) >= 11 is 9.38. The van der Waals surface area contributed by atoms with E-state index in [4.69, 9.17) is 16.3 Å². The largest absolute Gasteiger partial charge is 0.493 e. The fourth-order valence-corrected chi connectivity index (χ4v) is 3.18. The van der Waals surface area contributed by atoms with Gasteiger partial charge in [0.05, 0.1) is 12.2 Å². The summed E-state index contributed by atoms with van der Waals surface area (Å²) in [4.78, 5) is 36.8. The lowest BCUT2D eigenvalue weighted by molar-refractivity contribution is -0.124. The van der Waals surface area contributed by atoms with Gasteiger partial charge in [-0.05, 0) is 55.2 Å². The van der Waals surface area contributed by atoms with Crippen molar-refractivity contribution < 1.29 is 19.1 Å². The Morgan fingerprint density at radius 3 is 2.50 bits per heavy atom. The maximum atomic E-state index is 12.5. The van der Waals surface area contributed by atoms with Gasteiger partial charge in [0.2, 0.25) is 11.8 Å². The molecule has 2 aromatic rings. The highest BCUT2D eigenvalue weighted by Gasteiger charge is 2.15. The second-order valence-corrected chi connectivity index (χ2v) is 8.96. The van der Waals surface area contributed by atoms with Crippen LogP contribution in [0.25, 0.3) is 0 Å². The Hall–Kier alpha value is -2.58. The molecule has 172 valence electrons. The molecule has 32 heavy (non-hydrogen) atoms. The van der Waals surface area contributed by atoms with Crippen LogP contribution in [-0.2, 0) is 9.59 Å². The molecule has 2 rings (SSSR count). The third-order valence-corrected chi connectivity index (χ3v) is 5.48. The molecule has 0 unspecified atom stereocenters. The predicted molar refractivity (Wildman–Crippen MR) is 129 cm³/mol. The van der Waals surface area contributed by atoms with E-state index in [1.165, 1.54) is 0 Å². The smallest absolute Gasteiger partial charge is 0.273 e. The molecule has 0 fully saturated rings. The normalized spacial score (nSPS) is 10.6. The van der Waals surface area contributed by atoms with Crippen molar-refractivity contribution in [2.75, 3.05) is 11.9 Å². The fourth-order valence-electron chi connectivity index (χ4n) is 2.65. The minimum atomic E-state index is -0.516. The van der Waals surface area contributed by atoms with Crippen molar-refractivity contribution >= 4 is 50.9 Å². The van der Waals surface area contributed by atoms with Crippen LogP contribution in [0.5, 0.6) is 5.75 Å². The molecule has 0 aromatic heterocycles. The number of halogens is 2. The first kappa shape index (κ1) is 25.7. The number of ether oxygens (including phenoxy) is 1. The topological polar surface area (TPSA) is 96.5 Å². The van der Waals surface area contributed by atoms with Crippen molar-refractivity contribution in [2.24, 2.45) is 5.92 Å². The van der Waals surface area contributed by atoms with Crippen molar-refractivity contribution in [3.8, 4) is 5.75 Å². The van der Waals surface area contributed by atoms with Gasteiger partial charge in [-0.25, -0.2) is 0 Å². The zero-order valence-corrected chi connectivity index (χ0v) is 20.6. The van der Waals surface area contributed by atoms with E-state index in [2.05, 4.69) is 45.9 Å². The van der Waals surface area contributed by atoms with Crippen molar-refractivity contribution in [2.45, 2.75) is 40.0 Å². The van der Waals surface area contributed by atoms with Crippen LogP contribution >= 0.6 is 27.5 Å². The van der Waals surface area contributed by atoms with E-state index < -0.39 is 11.8 Å². The molecule has 0 aliphatic heterocycles. The van der Waals surface area contributed by atoms with Gasteiger partial charge >= 0.3 is 0 Å². The van der Waals surface area contributed by atoms with Crippen LogP contribution in [0.15, 0.2) is 40.9 Å². The zero-order valence-electron chi connectivity index (χ0n) is 18.3. The number of carbonyl (C=O) groups excluding carboxylic acids is 3. The molecule has 0 atom stereocenters. The summed E-state index contributed by atoms with van der Waals surface area (Å²) in [6.07, 6.45) is 0.709. The van der Waals surface area contributed by atoms with E-state index in [9.17, 15) is 14.4 Å². The minimum absolute atomic E-state index is 0.0475. The molecular weight excluding hydrogens is 498 g/mol. The van der Waals surface area contributed by atoms with E-state index in [0.717, 1.165) is 12.0 Å². The van der Waals surface area contributed by atoms with Crippen molar-refractivity contribution in [3.05, 3.63) is 57.0 Å². The van der Waals surface area contributed by atoms with Crippen LogP contribution in [-0.4, -0.2) is 24.3 Å². The molecule has 0 aliphatic carbocycles. The lowest BCUT2D eigenvalue weighted by Crippen LogP contribution is -2.42. The van der Waals surface area contributed by atoms with Gasteiger partial charge in [0, 0.05) is 28.0 Å². The summed E-state index contributed by atoms with van der Waals surface area (Å²) in [7, 11) is 0. The average Bonchev–Trinajstić information content (AvgIpc) is 2.74. The second kappa shape index (κ2) is 12.5. The van der Waals surface area contributed by atoms with Crippen molar-refractivity contribution in [3.63, 3.8) is 0 Å². The number of hydrogen-bond donors (Lipinski definition) is 3. The summed E-state index contributed by atoms with van der Waals surface area (Å²) < 4.78 is 6.43. The van der Waals surface area contributed by atoms with Gasteiger partial charge in [-0.15, -0.1) is 0 Å². The first-order chi connectivity index (χ1) is 15.2. The number of nitrogens with one attached hydrogen (secondary N) is 3. The third-order valence-electron chi connectivity index (χ3n) is 4.58. The summed E-state index contributed by atoms with van der Waals surface area (Å²) in [5.74, 6) is -0.435. The quantitative estimate of drug-likeness (QED) is 0.402. The number of hydrazine groups is 1. The molecule has 3 N–H and O–H groups in total. The van der Waals surface area contributed by atoms with E-state index >= 15 is 0 Å². The maximum absolute atomic E-state index is 12.5. The van der Waals surface area contributed by atoms with Crippen LogP contribution in [0.2, 0.25) is 5.02 Å². The van der Waals surface area contributed by atoms with Crippen LogP contribution in [0.1, 0.15) is 49.0 Å². The Kier molecular flexibility index (Phi) is 9.99. The van der Waals surface area contributed by atoms with Crippen LogP contribution in [0, 0.1) is 12.8 Å². The Bertz CT molecular complexity index is 982. The Labute approximate surface area is 201 Å². The number of amides is 3. The summed E-state index contributed by atoms with van der Waals surface area (Å²) in [6, 6.07) is 10.3. The Morgan fingerprint density at radius 2 is 1.78 bits per heavy atom. The number of hydrogen-bond acceptors (Lipinski definition) is 4. The highest BCUT2D eigenvalue weighted by atomic mass is 79.9. The summed E-state index contributed by atoms with van der Waals surface area (Å²) in [5.41, 5.74) is 6.33. The minimum Gasteiger partial charge on any atom is -0.493 e. The second-order valence-electron chi connectivity index (χ2n) is 7.63. The zero-order chi connectivity index (χ0) is 23.7. The van der Waals surface area contributed by atoms with E-state index in [1.807, 2.05) is 0 Å². The van der Waals surface area contributed by atoms with Crippen molar-refractivity contribution in [1.29, 1.82) is 0 Å². The Morgan fingerprint density at radius 1 is 1.06 bits per heavy atom. The molecular formula is C23H27BrClN3O4. The lowest BCUT2D eigenvalue weighted by Gasteiger charge is -2.14. The SMILES string of the molecule is Cc1c(Cl)cccc1NC(=O)CCC(=O)NNC(=O)c1cc(Br)ccc1OCCC(C)C. The molecule has 2 aromatic carbocycles. The molecule has 3 amide bonds. The van der Waals surface area contributed by atoms with E-state index in [1.54, 1.807) is 43.3 Å². The highest BCUT2D eigenvalue weighted by Crippen LogP contribution is 2.24. The van der Waals surface area contributed by atoms with Gasteiger partial charge in [0.1, 0.15) is 5.75 Å². The molecule has 0 aliphatic rings. The first-order valence-corrected chi connectivity index (χ1v) is 11.4. The van der Waals surface area contributed by atoms with Gasteiger partial charge in [-0.3, -0.25) is 25.2 Å². The Balaban J connectivity index is 1.85. The van der Waals surface area contributed by atoms with E-state index in [-0.39, 0.29) is 24.3 Å². The number of benzene rings is 2.